The van der Waals surface area contributed by atoms with E-state index in [1.807, 2.05) is 18.2 Å². The first-order chi connectivity index (χ1) is 7.33. The number of methoxy groups -OCH3 is 1. The van der Waals surface area contributed by atoms with Gasteiger partial charge in [0.2, 0.25) is 0 Å². The van der Waals surface area contributed by atoms with Gasteiger partial charge in [0.1, 0.15) is 0 Å². The van der Waals surface area contributed by atoms with Gasteiger partial charge in [-0.2, -0.15) is 0 Å². The molecule has 0 aliphatic carbocycles. The molecule has 0 amide bonds. The van der Waals surface area contributed by atoms with E-state index in [0.29, 0.717) is 5.56 Å². The van der Waals surface area contributed by atoms with Crippen LogP contribution < -0.4 is 0 Å². The summed E-state index contributed by atoms with van der Waals surface area (Å²) in [6.45, 7) is 0.778. The fraction of sp³-hybridized carbons (Fsp3) is 0.417. The number of carbonyl (C=O) groups excluding carboxylic acids is 1. The zero-order valence-electron chi connectivity index (χ0n) is 8.73. The molecule has 1 fully saturated rings. The monoisotopic (exact) mass is 206 g/mol. The van der Waals surface area contributed by atoms with Crippen molar-refractivity contribution in [1.29, 1.82) is 0 Å². The van der Waals surface area contributed by atoms with E-state index in [2.05, 4.69) is 0 Å². The summed E-state index contributed by atoms with van der Waals surface area (Å²) in [5, 5.41) is 0. The van der Waals surface area contributed by atoms with Crippen molar-refractivity contribution in [2.75, 3.05) is 13.7 Å². The number of ether oxygens (including phenoxy) is 2. The van der Waals surface area contributed by atoms with E-state index in [-0.39, 0.29) is 12.1 Å². The molecule has 1 aromatic rings. The minimum absolute atomic E-state index is 0.0558. The van der Waals surface area contributed by atoms with Gasteiger partial charge in [0.15, 0.2) is 0 Å². The molecular weight excluding hydrogens is 192 g/mol. The quantitative estimate of drug-likeness (QED) is 0.696. The second-order valence-corrected chi connectivity index (χ2v) is 3.58. The Morgan fingerprint density at radius 1 is 1.47 bits per heavy atom. The van der Waals surface area contributed by atoms with Crippen molar-refractivity contribution in [3.05, 3.63) is 35.4 Å². The normalized spacial score (nSPS) is 20.2. The van der Waals surface area contributed by atoms with Crippen molar-refractivity contribution in [2.24, 2.45) is 0 Å². The number of esters is 1. The average Bonchev–Trinajstić information content (AvgIpc) is 2.81. The number of hydrogen-bond acceptors (Lipinski definition) is 3. The summed E-state index contributed by atoms with van der Waals surface area (Å²) in [7, 11) is 1.40. The summed E-state index contributed by atoms with van der Waals surface area (Å²) in [6, 6.07) is 7.47. The van der Waals surface area contributed by atoms with E-state index in [1.54, 1.807) is 6.07 Å². The molecule has 0 aromatic heterocycles. The van der Waals surface area contributed by atoms with Crippen LogP contribution in [0.2, 0.25) is 0 Å². The third-order valence-electron chi connectivity index (χ3n) is 2.64. The highest BCUT2D eigenvalue weighted by atomic mass is 16.5. The lowest BCUT2D eigenvalue weighted by Crippen LogP contribution is -2.08. The highest BCUT2D eigenvalue weighted by Gasteiger charge is 2.22. The van der Waals surface area contributed by atoms with Crippen molar-refractivity contribution in [1.82, 2.24) is 0 Å². The minimum Gasteiger partial charge on any atom is -0.465 e. The summed E-state index contributed by atoms with van der Waals surface area (Å²) < 4.78 is 10.3. The molecular formula is C12H14O3. The Morgan fingerprint density at radius 2 is 2.27 bits per heavy atom. The van der Waals surface area contributed by atoms with E-state index in [1.165, 1.54) is 7.11 Å². The van der Waals surface area contributed by atoms with Crippen molar-refractivity contribution < 1.29 is 14.3 Å². The molecule has 80 valence electrons. The van der Waals surface area contributed by atoms with E-state index in [9.17, 15) is 4.79 Å². The van der Waals surface area contributed by atoms with E-state index < -0.39 is 0 Å². The molecule has 1 saturated heterocycles. The minimum atomic E-state index is -0.291. The molecule has 0 spiro atoms. The van der Waals surface area contributed by atoms with Gasteiger partial charge in [-0.1, -0.05) is 18.2 Å². The van der Waals surface area contributed by atoms with Crippen LogP contribution in [-0.2, 0) is 9.47 Å². The maximum atomic E-state index is 11.5. The Morgan fingerprint density at radius 3 is 2.93 bits per heavy atom. The fourth-order valence-corrected chi connectivity index (χ4v) is 1.90. The highest BCUT2D eigenvalue weighted by Crippen LogP contribution is 2.30. The smallest absolute Gasteiger partial charge is 0.338 e. The Hall–Kier alpha value is -1.35. The van der Waals surface area contributed by atoms with Crippen LogP contribution in [0.1, 0.15) is 34.9 Å². The molecule has 1 aliphatic rings. The standard InChI is InChI=1S/C12H14O3/c1-14-12(13)10-6-3-2-5-9(10)11-7-4-8-15-11/h2-3,5-6,11H,4,7-8H2,1H3. The first-order valence-corrected chi connectivity index (χ1v) is 5.12. The predicted molar refractivity (Wildman–Crippen MR) is 55.7 cm³/mol. The van der Waals surface area contributed by atoms with Crippen LogP contribution in [0.5, 0.6) is 0 Å². The third-order valence-corrected chi connectivity index (χ3v) is 2.64. The Bertz CT molecular complexity index is 354. The maximum Gasteiger partial charge on any atom is 0.338 e. The molecule has 15 heavy (non-hydrogen) atoms. The lowest BCUT2D eigenvalue weighted by Gasteiger charge is -2.13. The van der Waals surface area contributed by atoms with Gasteiger partial charge >= 0.3 is 5.97 Å². The molecule has 3 nitrogen and oxygen atoms in total. The molecule has 1 atom stereocenters. The Balaban J connectivity index is 2.32. The average molecular weight is 206 g/mol. The maximum absolute atomic E-state index is 11.5. The molecule has 0 saturated carbocycles. The van der Waals surface area contributed by atoms with Gasteiger partial charge in [-0.25, -0.2) is 4.79 Å². The fourth-order valence-electron chi connectivity index (χ4n) is 1.90. The van der Waals surface area contributed by atoms with Gasteiger partial charge in [0, 0.05) is 6.61 Å². The third kappa shape index (κ3) is 2.02. The Kier molecular flexibility index (Phi) is 3.02. The first kappa shape index (κ1) is 10.2. The van der Waals surface area contributed by atoms with Gasteiger partial charge in [-0.05, 0) is 24.5 Å². The molecule has 3 heteroatoms. The van der Waals surface area contributed by atoms with Crippen LogP contribution in [0.3, 0.4) is 0 Å². The largest absolute Gasteiger partial charge is 0.465 e. The molecule has 0 bridgehead atoms. The molecule has 1 aliphatic heterocycles. The van der Waals surface area contributed by atoms with Crippen LogP contribution >= 0.6 is 0 Å². The topological polar surface area (TPSA) is 35.5 Å². The van der Waals surface area contributed by atoms with Gasteiger partial charge < -0.3 is 9.47 Å². The van der Waals surface area contributed by atoms with E-state index in [0.717, 1.165) is 25.0 Å². The number of carbonyl (C=O) groups is 1. The van der Waals surface area contributed by atoms with Gasteiger partial charge in [-0.15, -0.1) is 0 Å². The second-order valence-electron chi connectivity index (χ2n) is 3.58. The lowest BCUT2D eigenvalue weighted by atomic mass is 10.0. The lowest BCUT2D eigenvalue weighted by molar-refractivity contribution is 0.0588. The van der Waals surface area contributed by atoms with Crippen molar-refractivity contribution in [2.45, 2.75) is 18.9 Å². The van der Waals surface area contributed by atoms with Crippen LogP contribution in [0, 0.1) is 0 Å². The van der Waals surface area contributed by atoms with Gasteiger partial charge in [0.25, 0.3) is 0 Å². The summed E-state index contributed by atoms with van der Waals surface area (Å²) in [5.41, 5.74) is 1.56. The first-order valence-electron chi connectivity index (χ1n) is 5.12. The summed E-state index contributed by atoms with van der Waals surface area (Å²) in [5.74, 6) is -0.291. The van der Waals surface area contributed by atoms with Crippen LogP contribution in [-0.4, -0.2) is 19.7 Å². The molecule has 2 rings (SSSR count). The zero-order chi connectivity index (χ0) is 10.7. The second kappa shape index (κ2) is 4.45. The summed E-state index contributed by atoms with van der Waals surface area (Å²) in [4.78, 5) is 11.5. The van der Waals surface area contributed by atoms with Crippen molar-refractivity contribution in [3.63, 3.8) is 0 Å². The molecule has 1 aromatic carbocycles. The van der Waals surface area contributed by atoms with Crippen LogP contribution in [0.15, 0.2) is 24.3 Å². The molecule has 0 radical (unpaired) electrons. The molecule has 1 heterocycles. The number of hydrogen-bond donors (Lipinski definition) is 0. The SMILES string of the molecule is COC(=O)c1ccccc1C1CCCO1. The van der Waals surface area contributed by atoms with Crippen LogP contribution in [0.4, 0.5) is 0 Å². The van der Waals surface area contributed by atoms with E-state index >= 15 is 0 Å². The van der Waals surface area contributed by atoms with Gasteiger partial charge in [0.05, 0.1) is 18.8 Å². The molecule has 1 unspecified atom stereocenters. The summed E-state index contributed by atoms with van der Waals surface area (Å²) in [6.07, 6.45) is 2.09. The van der Waals surface area contributed by atoms with Gasteiger partial charge in [-0.3, -0.25) is 0 Å². The highest BCUT2D eigenvalue weighted by molar-refractivity contribution is 5.91. The number of benzene rings is 1. The summed E-state index contributed by atoms with van der Waals surface area (Å²) >= 11 is 0. The van der Waals surface area contributed by atoms with Crippen molar-refractivity contribution in [3.8, 4) is 0 Å². The predicted octanol–water partition coefficient (Wildman–Crippen LogP) is 2.32. The van der Waals surface area contributed by atoms with E-state index in [4.69, 9.17) is 9.47 Å². The zero-order valence-corrected chi connectivity index (χ0v) is 8.73. The number of rotatable bonds is 2. The van der Waals surface area contributed by atoms with Crippen molar-refractivity contribution >= 4 is 5.97 Å². The van der Waals surface area contributed by atoms with Crippen LogP contribution in [0.25, 0.3) is 0 Å². The Labute approximate surface area is 89.0 Å². The molecule has 0 N–H and O–H groups in total.